The summed E-state index contributed by atoms with van der Waals surface area (Å²) < 4.78 is 38.0. The molecular formula is C26H38N4O8S. The average molecular weight is 567 g/mol. The second-order valence-corrected chi connectivity index (χ2v) is 11.2. The third-order valence-electron chi connectivity index (χ3n) is 6.79. The Morgan fingerprint density at radius 1 is 1.00 bits per heavy atom. The lowest BCUT2D eigenvalue weighted by Crippen LogP contribution is -2.44. The van der Waals surface area contributed by atoms with Gasteiger partial charge in [-0.1, -0.05) is 42.5 Å². The minimum Gasteiger partial charge on any atom is -0.449 e. The second kappa shape index (κ2) is 15.4. The molecule has 13 heteroatoms. The van der Waals surface area contributed by atoms with Gasteiger partial charge in [-0.3, -0.25) is 4.79 Å². The van der Waals surface area contributed by atoms with E-state index in [9.17, 15) is 27.9 Å². The maximum atomic E-state index is 12.1. The molecule has 3 amide bonds. The summed E-state index contributed by atoms with van der Waals surface area (Å²) in [5.74, 6) is 1.29. The SMILES string of the molecule is O=C(CCCNC(=O)OCC1[C@H]2CC/C=C\CC[C@@H]12)N[C@@H](CO)COC(=O)NS(=O)(=O)NCc1ccccc1. The summed E-state index contributed by atoms with van der Waals surface area (Å²) >= 11 is 0. The summed E-state index contributed by atoms with van der Waals surface area (Å²) in [4.78, 5) is 36.0. The predicted molar refractivity (Wildman–Crippen MR) is 142 cm³/mol. The van der Waals surface area contributed by atoms with E-state index >= 15 is 0 Å². The molecule has 1 aromatic rings. The van der Waals surface area contributed by atoms with Gasteiger partial charge in [-0.2, -0.15) is 13.1 Å². The number of hydrogen-bond acceptors (Lipinski definition) is 8. The molecule has 2 aliphatic rings. The molecule has 0 heterocycles. The molecule has 0 bridgehead atoms. The number of ether oxygens (including phenoxy) is 2. The van der Waals surface area contributed by atoms with E-state index in [1.54, 1.807) is 35.1 Å². The highest BCUT2D eigenvalue weighted by Crippen LogP contribution is 2.52. The Kier molecular flexibility index (Phi) is 12.0. The number of carbonyl (C=O) groups is 3. The van der Waals surface area contributed by atoms with Gasteiger partial charge in [-0.05, 0) is 55.4 Å². The lowest BCUT2D eigenvalue weighted by molar-refractivity contribution is -0.122. The van der Waals surface area contributed by atoms with Crippen LogP contribution in [-0.4, -0.2) is 64.0 Å². The predicted octanol–water partition coefficient (Wildman–Crippen LogP) is 1.72. The van der Waals surface area contributed by atoms with Crippen molar-refractivity contribution in [2.45, 2.75) is 51.1 Å². The van der Waals surface area contributed by atoms with Crippen LogP contribution in [0, 0.1) is 17.8 Å². The van der Waals surface area contributed by atoms with Gasteiger partial charge in [0.05, 0.1) is 19.3 Å². The van der Waals surface area contributed by atoms with E-state index in [1.165, 1.54) is 0 Å². The molecule has 4 atom stereocenters. The van der Waals surface area contributed by atoms with Crippen LogP contribution in [0.1, 0.15) is 44.1 Å². The number of aliphatic hydroxyl groups is 1. The van der Waals surface area contributed by atoms with Crippen LogP contribution < -0.4 is 20.1 Å². The Morgan fingerprint density at radius 2 is 1.69 bits per heavy atom. The topological polar surface area (TPSA) is 172 Å². The van der Waals surface area contributed by atoms with Gasteiger partial charge in [-0.15, -0.1) is 0 Å². The number of benzene rings is 1. The molecule has 1 fully saturated rings. The number of alkyl carbamates (subject to hydrolysis) is 1. The first-order chi connectivity index (χ1) is 18.8. The summed E-state index contributed by atoms with van der Waals surface area (Å²) in [6.45, 7) is -0.333. The number of nitrogens with one attached hydrogen (secondary N) is 4. The van der Waals surface area contributed by atoms with Crippen LogP contribution in [0.25, 0.3) is 0 Å². The van der Waals surface area contributed by atoms with Gasteiger partial charge < -0.3 is 25.2 Å². The Bertz CT molecular complexity index is 1070. The summed E-state index contributed by atoms with van der Waals surface area (Å²) in [6, 6.07) is 7.80. The molecule has 12 nitrogen and oxygen atoms in total. The van der Waals surface area contributed by atoms with Crippen LogP contribution in [0.15, 0.2) is 42.5 Å². The van der Waals surface area contributed by atoms with Crippen LogP contribution in [0.4, 0.5) is 9.59 Å². The monoisotopic (exact) mass is 566 g/mol. The Morgan fingerprint density at radius 3 is 2.36 bits per heavy atom. The van der Waals surface area contributed by atoms with Crippen LogP contribution >= 0.6 is 0 Å². The van der Waals surface area contributed by atoms with Gasteiger partial charge >= 0.3 is 22.4 Å². The maximum Gasteiger partial charge on any atom is 0.421 e. The minimum absolute atomic E-state index is 0.0231. The minimum atomic E-state index is -4.16. The zero-order valence-corrected chi connectivity index (χ0v) is 22.7. The van der Waals surface area contributed by atoms with Crippen LogP contribution in [-0.2, 0) is 31.0 Å². The molecule has 0 radical (unpaired) electrons. The number of rotatable bonds is 14. The van der Waals surface area contributed by atoms with Crippen molar-refractivity contribution < 1.29 is 37.4 Å². The van der Waals surface area contributed by atoms with E-state index in [2.05, 4.69) is 27.5 Å². The normalized spacial score (nSPS) is 21.7. The van der Waals surface area contributed by atoms with E-state index in [1.807, 2.05) is 0 Å². The van der Waals surface area contributed by atoms with Gasteiger partial charge in [0, 0.05) is 19.5 Å². The van der Waals surface area contributed by atoms with Crippen molar-refractivity contribution in [3.05, 3.63) is 48.0 Å². The molecule has 0 saturated heterocycles. The van der Waals surface area contributed by atoms with Crippen molar-refractivity contribution in [2.75, 3.05) is 26.4 Å². The van der Waals surface area contributed by atoms with E-state index < -0.39 is 47.6 Å². The third-order valence-corrected chi connectivity index (χ3v) is 7.75. The maximum absolute atomic E-state index is 12.1. The summed E-state index contributed by atoms with van der Waals surface area (Å²) in [5.41, 5.74) is 0.700. The Labute approximate surface area is 229 Å². The lowest BCUT2D eigenvalue weighted by Gasteiger charge is -2.17. The first-order valence-corrected chi connectivity index (χ1v) is 14.7. The highest BCUT2D eigenvalue weighted by molar-refractivity contribution is 7.88. The van der Waals surface area contributed by atoms with Crippen LogP contribution in [0.3, 0.4) is 0 Å². The van der Waals surface area contributed by atoms with E-state index in [4.69, 9.17) is 9.47 Å². The quantitative estimate of drug-likeness (QED) is 0.167. The number of fused-ring (bicyclic) bond motifs is 1. The zero-order chi connectivity index (χ0) is 28.1. The average Bonchev–Trinajstić information content (AvgIpc) is 3.55. The van der Waals surface area contributed by atoms with Gasteiger partial charge in [-0.25, -0.2) is 14.3 Å². The van der Waals surface area contributed by atoms with Crippen molar-refractivity contribution in [1.29, 1.82) is 0 Å². The van der Waals surface area contributed by atoms with E-state index in [-0.39, 0.29) is 19.5 Å². The van der Waals surface area contributed by atoms with Crippen LogP contribution in [0.5, 0.6) is 0 Å². The Balaban J connectivity index is 1.23. The fraction of sp³-hybridized carbons (Fsp3) is 0.577. The van der Waals surface area contributed by atoms with Gasteiger partial charge in [0.1, 0.15) is 6.61 Å². The molecule has 1 aromatic carbocycles. The Hall–Kier alpha value is -3.16. The summed E-state index contributed by atoms with van der Waals surface area (Å²) in [6.07, 6.45) is 7.53. The standard InChI is InChI=1S/C26H38N4O8S/c31-16-20(17-37-26(34)30-39(35,36)28-15-19-9-4-3-5-10-19)29-24(32)13-8-14-27-25(33)38-18-23-21-11-6-1-2-7-12-22(21)23/h1-5,9-10,20-23,28,31H,6-8,11-18H2,(H,27,33)(H,29,32)(H,30,34)/b2-1-/t20-,21-,22+,23?/m0/s1. The molecule has 3 rings (SSSR count). The molecule has 0 aromatic heterocycles. The first-order valence-electron chi connectivity index (χ1n) is 13.2. The van der Waals surface area contributed by atoms with Crippen molar-refractivity contribution in [1.82, 2.24) is 20.1 Å². The molecule has 0 spiro atoms. The third kappa shape index (κ3) is 11.2. The zero-order valence-electron chi connectivity index (χ0n) is 21.8. The highest BCUT2D eigenvalue weighted by atomic mass is 32.2. The molecule has 5 N–H and O–H groups in total. The summed E-state index contributed by atoms with van der Waals surface area (Å²) in [7, 11) is -4.16. The van der Waals surface area contributed by atoms with Gasteiger partial charge in [0.2, 0.25) is 5.91 Å². The second-order valence-electron chi connectivity index (χ2n) is 9.70. The fourth-order valence-corrected chi connectivity index (χ4v) is 5.38. The smallest absolute Gasteiger partial charge is 0.421 e. The first kappa shape index (κ1) is 30.4. The lowest BCUT2D eigenvalue weighted by atomic mass is 10.1. The number of hydrogen-bond donors (Lipinski definition) is 5. The molecular weight excluding hydrogens is 528 g/mol. The molecule has 2 aliphatic carbocycles. The summed E-state index contributed by atoms with van der Waals surface area (Å²) in [5, 5.41) is 14.6. The molecule has 1 unspecified atom stereocenters. The van der Waals surface area contributed by atoms with Crippen molar-refractivity contribution in [3.63, 3.8) is 0 Å². The molecule has 39 heavy (non-hydrogen) atoms. The van der Waals surface area contributed by atoms with E-state index in [0.717, 1.165) is 25.7 Å². The molecule has 1 saturated carbocycles. The number of carbonyl (C=O) groups excluding carboxylic acids is 3. The highest BCUT2D eigenvalue weighted by Gasteiger charge is 2.49. The number of allylic oxidation sites excluding steroid dienone is 2. The van der Waals surface area contributed by atoms with Crippen molar-refractivity contribution in [3.8, 4) is 0 Å². The largest absolute Gasteiger partial charge is 0.449 e. The number of aliphatic hydroxyl groups excluding tert-OH is 1. The molecule has 216 valence electrons. The van der Waals surface area contributed by atoms with Gasteiger partial charge in [0.15, 0.2) is 0 Å². The van der Waals surface area contributed by atoms with Gasteiger partial charge in [0.25, 0.3) is 0 Å². The number of amides is 3. The van der Waals surface area contributed by atoms with Crippen LogP contribution in [0.2, 0.25) is 0 Å². The van der Waals surface area contributed by atoms with Crippen molar-refractivity contribution >= 4 is 28.3 Å². The van der Waals surface area contributed by atoms with E-state index in [0.29, 0.717) is 36.3 Å². The van der Waals surface area contributed by atoms with Crippen molar-refractivity contribution in [2.24, 2.45) is 17.8 Å². The fourth-order valence-electron chi connectivity index (χ4n) is 4.67. The molecule has 0 aliphatic heterocycles.